The van der Waals surface area contributed by atoms with Crippen LogP contribution in [0.25, 0.3) is 0 Å². The molecular weight excluding hydrogens is 496 g/mol. The first-order chi connectivity index (χ1) is 15.5. The van der Waals surface area contributed by atoms with Crippen LogP contribution in [-0.4, -0.2) is 6.79 Å². The molecule has 2 aliphatic rings. The summed E-state index contributed by atoms with van der Waals surface area (Å²) in [5.74, 6) is 1.85. The van der Waals surface area contributed by atoms with Crippen molar-refractivity contribution in [3.63, 3.8) is 0 Å². The molecule has 160 valence electrons. The number of hydrogen-bond donors (Lipinski definition) is 1. The lowest BCUT2D eigenvalue weighted by molar-refractivity contribution is 0.174. The predicted molar refractivity (Wildman–Crippen MR) is 122 cm³/mol. The van der Waals surface area contributed by atoms with E-state index in [1.807, 2.05) is 48.5 Å². The zero-order chi connectivity index (χ0) is 22.2. The van der Waals surface area contributed by atoms with Crippen LogP contribution in [0.4, 0.5) is 0 Å². The largest absolute Gasteiger partial charge is 0.489 e. The van der Waals surface area contributed by atoms with Gasteiger partial charge in [0.25, 0.3) is 0 Å². The smallest absolute Gasteiger partial charge is 0.231 e. The van der Waals surface area contributed by atoms with Gasteiger partial charge in [0, 0.05) is 26.7 Å². The molecule has 6 nitrogen and oxygen atoms in total. The average Bonchev–Trinajstić information content (AvgIpc) is 3.24. The Kier molecular flexibility index (Phi) is 5.33. The van der Waals surface area contributed by atoms with Gasteiger partial charge in [0.15, 0.2) is 11.5 Å². The van der Waals surface area contributed by atoms with Gasteiger partial charge in [0.2, 0.25) is 12.7 Å². The lowest BCUT2D eigenvalue weighted by atomic mass is 9.83. The van der Waals surface area contributed by atoms with Crippen molar-refractivity contribution in [2.24, 2.45) is 5.73 Å². The summed E-state index contributed by atoms with van der Waals surface area (Å²) >= 11 is 9.52. The molecule has 0 aromatic heterocycles. The van der Waals surface area contributed by atoms with Crippen LogP contribution in [0.3, 0.4) is 0 Å². The summed E-state index contributed by atoms with van der Waals surface area (Å²) in [5.41, 5.74) is 8.93. The lowest BCUT2D eigenvalue weighted by Crippen LogP contribution is -2.21. The van der Waals surface area contributed by atoms with Crippen LogP contribution >= 0.6 is 27.5 Å². The van der Waals surface area contributed by atoms with Crippen molar-refractivity contribution in [1.29, 1.82) is 5.26 Å². The van der Waals surface area contributed by atoms with Gasteiger partial charge in [-0.2, -0.15) is 5.26 Å². The standard InChI is InChI=1S/C24H16BrClN2O4/c25-14-3-6-19(29-11-13-1-4-15(26)5-2-13)16(7-14)23-17-8-21-22(31-12-30-21)9-20(17)32-24(28)18(23)10-27/h1-9,23H,11-12,28H2/t23-/m0/s1. The Bertz CT molecular complexity index is 1280. The van der Waals surface area contributed by atoms with E-state index in [0.717, 1.165) is 21.2 Å². The Morgan fingerprint density at radius 1 is 1.03 bits per heavy atom. The monoisotopic (exact) mass is 510 g/mol. The molecule has 0 fully saturated rings. The van der Waals surface area contributed by atoms with Gasteiger partial charge in [-0.25, -0.2) is 0 Å². The number of nitrogens with zero attached hydrogens (tertiary/aromatic N) is 1. The Balaban J connectivity index is 1.59. The molecule has 0 aliphatic carbocycles. The molecular formula is C24H16BrClN2O4. The van der Waals surface area contributed by atoms with E-state index in [-0.39, 0.29) is 12.7 Å². The molecule has 3 aromatic carbocycles. The second kappa shape index (κ2) is 8.30. The highest BCUT2D eigenvalue weighted by atomic mass is 79.9. The van der Waals surface area contributed by atoms with Crippen molar-refractivity contribution in [2.75, 3.05) is 6.79 Å². The molecule has 0 spiro atoms. The summed E-state index contributed by atoms with van der Waals surface area (Å²) in [4.78, 5) is 0. The molecule has 0 bridgehead atoms. The first-order valence-corrected chi connectivity index (χ1v) is 10.9. The molecule has 0 unspecified atom stereocenters. The molecule has 0 radical (unpaired) electrons. The second-order valence-electron chi connectivity index (χ2n) is 7.27. The first-order valence-electron chi connectivity index (χ1n) is 9.71. The van der Waals surface area contributed by atoms with Gasteiger partial charge in [0.05, 0.1) is 5.92 Å². The molecule has 3 aromatic rings. The summed E-state index contributed by atoms with van der Waals surface area (Å²) in [6, 6.07) is 18.9. The van der Waals surface area contributed by atoms with Gasteiger partial charge < -0.3 is 24.7 Å². The summed E-state index contributed by atoms with van der Waals surface area (Å²) in [6.45, 7) is 0.466. The van der Waals surface area contributed by atoms with E-state index in [1.54, 1.807) is 6.07 Å². The van der Waals surface area contributed by atoms with Crippen molar-refractivity contribution >= 4 is 27.5 Å². The molecule has 0 amide bonds. The summed E-state index contributed by atoms with van der Waals surface area (Å²) in [6.07, 6.45) is 0. The van der Waals surface area contributed by atoms with Crippen molar-refractivity contribution in [3.05, 3.63) is 92.2 Å². The molecule has 0 saturated carbocycles. The Morgan fingerprint density at radius 3 is 2.53 bits per heavy atom. The second-order valence-corrected chi connectivity index (χ2v) is 8.62. The number of benzene rings is 3. The molecule has 2 N–H and O–H groups in total. The van der Waals surface area contributed by atoms with Crippen molar-refractivity contribution < 1.29 is 18.9 Å². The number of ether oxygens (including phenoxy) is 4. The van der Waals surface area contributed by atoms with Gasteiger partial charge in [0.1, 0.15) is 29.7 Å². The zero-order valence-corrected chi connectivity index (χ0v) is 18.9. The maximum absolute atomic E-state index is 9.92. The number of rotatable bonds is 4. The topological polar surface area (TPSA) is 86.7 Å². The third-order valence-electron chi connectivity index (χ3n) is 5.30. The summed E-state index contributed by atoms with van der Waals surface area (Å²) in [7, 11) is 0. The number of nitriles is 1. The fourth-order valence-electron chi connectivity index (χ4n) is 3.78. The van der Waals surface area contributed by atoms with Crippen LogP contribution in [0.5, 0.6) is 23.0 Å². The fraction of sp³-hybridized carbons (Fsp3) is 0.125. The Labute approximate surface area is 197 Å². The zero-order valence-electron chi connectivity index (χ0n) is 16.6. The third kappa shape index (κ3) is 3.72. The van der Waals surface area contributed by atoms with Gasteiger partial charge >= 0.3 is 0 Å². The maximum Gasteiger partial charge on any atom is 0.231 e. The maximum atomic E-state index is 9.92. The van der Waals surface area contributed by atoms with E-state index in [2.05, 4.69) is 22.0 Å². The van der Waals surface area contributed by atoms with Gasteiger partial charge in [-0.05, 0) is 42.0 Å². The molecule has 0 saturated heterocycles. The molecule has 1 atom stereocenters. The number of fused-ring (bicyclic) bond motifs is 2. The summed E-state index contributed by atoms with van der Waals surface area (Å²) < 4.78 is 23.8. The third-order valence-corrected chi connectivity index (χ3v) is 6.05. The minimum absolute atomic E-state index is 0.0486. The minimum atomic E-state index is -0.504. The van der Waals surface area contributed by atoms with E-state index in [9.17, 15) is 5.26 Å². The van der Waals surface area contributed by atoms with Gasteiger partial charge in [-0.15, -0.1) is 0 Å². The minimum Gasteiger partial charge on any atom is -0.489 e. The highest BCUT2D eigenvalue weighted by Gasteiger charge is 2.35. The van der Waals surface area contributed by atoms with Crippen LogP contribution in [0.2, 0.25) is 5.02 Å². The van der Waals surface area contributed by atoms with E-state index in [0.29, 0.717) is 40.2 Å². The summed E-state index contributed by atoms with van der Waals surface area (Å²) in [5, 5.41) is 10.6. The van der Waals surface area contributed by atoms with E-state index in [4.69, 9.17) is 36.3 Å². The van der Waals surface area contributed by atoms with E-state index in [1.165, 1.54) is 0 Å². The number of allylic oxidation sites excluding steroid dienone is 1. The van der Waals surface area contributed by atoms with Crippen LogP contribution in [-0.2, 0) is 6.61 Å². The quantitative estimate of drug-likeness (QED) is 0.489. The van der Waals surface area contributed by atoms with Crippen LogP contribution < -0.4 is 24.7 Å². The van der Waals surface area contributed by atoms with Gasteiger partial charge in [-0.1, -0.05) is 39.7 Å². The fourth-order valence-corrected chi connectivity index (χ4v) is 4.29. The predicted octanol–water partition coefficient (Wildman–Crippen LogP) is 5.63. The SMILES string of the molecule is N#CC1=C(N)Oc2cc3c(cc2[C@@H]1c1cc(Br)ccc1OCc1ccc(Cl)cc1)OCO3. The average molecular weight is 512 g/mol. The Hall–Kier alpha value is -3.34. The number of halogens is 2. The molecule has 2 aliphatic heterocycles. The van der Waals surface area contributed by atoms with Crippen LogP contribution in [0.1, 0.15) is 22.6 Å². The molecule has 5 rings (SSSR count). The molecule has 8 heteroatoms. The molecule has 32 heavy (non-hydrogen) atoms. The van der Waals surface area contributed by atoms with E-state index < -0.39 is 5.92 Å². The highest BCUT2D eigenvalue weighted by Crippen LogP contribution is 2.49. The Morgan fingerprint density at radius 2 is 1.78 bits per heavy atom. The number of hydrogen-bond acceptors (Lipinski definition) is 6. The van der Waals surface area contributed by atoms with Crippen LogP contribution in [0, 0.1) is 11.3 Å². The van der Waals surface area contributed by atoms with Crippen molar-refractivity contribution in [2.45, 2.75) is 12.5 Å². The van der Waals surface area contributed by atoms with Crippen LogP contribution in [0.15, 0.2) is 70.5 Å². The number of nitrogens with two attached hydrogens (primary N) is 1. The first kappa shape index (κ1) is 20.6. The lowest BCUT2D eigenvalue weighted by Gasteiger charge is -2.28. The van der Waals surface area contributed by atoms with Crippen molar-refractivity contribution in [3.8, 4) is 29.1 Å². The van der Waals surface area contributed by atoms with E-state index >= 15 is 0 Å². The highest BCUT2D eigenvalue weighted by molar-refractivity contribution is 9.10. The molecule has 2 heterocycles. The van der Waals surface area contributed by atoms with Gasteiger partial charge in [-0.3, -0.25) is 0 Å². The normalized spacial score (nSPS) is 16.2. The van der Waals surface area contributed by atoms with Crippen molar-refractivity contribution in [1.82, 2.24) is 0 Å².